The lowest BCUT2D eigenvalue weighted by Crippen LogP contribution is -2.54. The number of piperidine rings is 1. The van der Waals surface area contributed by atoms with E-state index in [1.165, 1.54) is 18.2 Å². The number of imide groups is 2. The highest BCUT2D eigenvalue weighted by atomic mass is 35.5. The van der Waals surface area contributed by atoms with Crippen LogP contribution in [0.15, 0.2) is 18.2 Å². The summed E-state index contributed by atoms with van der Waals surface area (Å²) in [6.45, 7) is 0. The molecule has 1 aromatic rings. The number of hydrogen-bond acceptors (Lipinski definition) is 5. The van der Waals surface area contributed by atoms with Crippen molar-refractivity contribution in [3.8, 4) is 0 Å². The quantitative estimate of drug-likeness (QED) is 0.602. The van der Waals surface area contributed by atoms with Crippen LogP contribution >= 0.6 is 11.6 Å². The van der Waals surface area contributed by atoms with Gasteiger partial charge in [-0.05, 0) is 18.6 Å². The van der Waals surface area contributed by atoms with Gasteiger partial charge in [0.25, 0.3) is 11.8 Å². The second kappa shape index (κ2) is 6.64. The maximum Gasteiger partial charge on any atom is 0.264 e. The number of carbonyl (C=O) groups is 5. The number of rotatable bonds is 4. The Morgan fingerprint density at radius 2 is 2.00 bits per heavy atom. The van der Waals surface area contributed by atoms with E-state index in [9.17, 15) is 24.0 Å². The van der Waals surface area contributed by atoms with E-state index in [4.69, 9.17) is 11.6 Å². The second-order valence-corrected chi connectivity index (χ2v) is 6.04. The van der Waals surface area contributed by atoms with Crippen molar-refractivity contribution in [2.24, 2.45) is 0 Å². The number of anilines is 1. The Balaban J connectivity index is 1.93. The Bertz CT molecular complexity index is 807. The lowest BCUT2D eigenvalue weighted by Gasteiger charge is -2.27. The van der Waals surface area contributed by atoms with Gasteiger partial charge in [-0.2, -0.15) is 0 Å². The first-order chi connectivity index (χ1) is 11.9. The van der Waals surface area contributed by atoms with Gasteiger partial charge in [0.1, 0.15) is 6.04 Å². The van der Waals surface area contributed by atoms with Crippen molar-refractivity contribution in [3.05, 3.63) is 29.3 Å². The topological polar surface area (TPSA) is 113 Å². The number of amides is 5. The Hall–Kier alpha value is -2.74. The molecule has 2 aliphatic heterocycles. The van der Waals surface area contributed by atoms with Crippen LogP contribution in [0, 0.1) is 0 Å². The summed E-state index contributed by atoms with van der Waals surface area (Å²) in [6.07, 6.45) is 0.178. The van der Waals surface area contributed by atoms with Crippen LogP contribution in [0.2, 0.25) is 0 Å². The molecule has 9 heteroatoms. The molecule has 3 rings (SSSR count). The van der Waals surface area contributed by atoms with Gasteiger partial charge < -0.3 is 5.32 Å². The second-order valence-electron chi connectivity index (χ2n) is 5.66. The van der Waals surface area contributed by atoms with Gasteiger partial charge in [0.15, 0.2) is 0 Å². The molecule has 1 fully saturated rings. The number of alkyl halides is 1. The molecule has 1 atom stereocenters. The minimum absolute atomic E-state index is 0.0418. The molecule has 8 nitrogen and oxygen atoms in total. The monoisotopic (exact) mass is 363 g/mol. The number of nitrogens with zero attached hydrogens (tertiary/aromatic N) is 1. The third kappa shape index (κ3) is 3.00. The number of fused-ring (bicyclic) bond motifs is 1. The molecule has 1 saturated heterocycles. The highest BCUT2D eigenvalue weighted by Crippen LogP contribution is 2.32. The van der Waals surface area contributed by atoms with E-state index >= 15 is 0 Å². The van der Waals surface area contributed by atoms with Crippen molar-refractivity contribution in [3.63, 3.8) is 0 Å². The predicted octanol–water partition coefficient (Wildman–Crippen LogP) is 0.655. The Labute approximate surface area is 147 Å². The molecule has 2 heterocycles. The molecule has 2 N–H and O–H groups in total. The number of nitrogens with one attached hydrogen (secondary N) is 2. The highest BCUT2D eigenvalue weighted by molar-refractivity contribution is 6.26. The van der Waals surface area contributed by atoms with Crippen molar-refractivity contribution >= 4 is 46.8 Å². The predicted molar refractivity (Wildman–Crippen MR) is 87.1 cm³/mol. The standard InChI is InChI=1S/C16H14ClN3O5/c17-7-6-12(22)18-9-3-1-2-8-13(9)16(25)20(15(8)24)10-4-5-11(21)19-14(10)23/h1-3,10H,4-7H2,(H,18,22)(H,19,21,23). The molecule has 130 valence electrons. The summed E-state index contributed by atoms with van der Waals surface area (Å²) >= 11 is 5.52. The van der Waals surface area contributed by atoms with E-state index in [0.29, 0.717) is 0 Å². The fourth-order valence-corrected chi connectivity index (χ4v) is 3.09. The molecular formula is C16H14ClN3O5. The van der Waals surface area contributed by atoms with Crippen molar-refractivity contribution in [2.45, 2.75) is 25.3 Å². The molecule has 25 heavy (non-hydrogen) atoms. The van der Waals surface area contributed by atoms with Gasteiger partial charge in [0.05, 0.1) is 16.8 Å². The van der Waals surface area contributed by atoms with E-state index in [0.717, 1.165) is 4.90 Å². The normalized spacial score (nSPS) is 19.7. The molecule has 0 spiro atoms. The first kappa shape index (κ1) is 17.1. The minimum Gasteiger partial charge on any atom is -0.325 e. The van der Waals surface area contributed by atoms with Crippen LogP contribution in [0.25, 0.3) is 0 Å². The third-order valence-electron chi connectivity index (χ3n) is 4.06. The van der Waals surface area contributed by atoms with Gasteiger partial charge in [-0.25, -0.2) is 0 Å². The van der Waals surface area contributed by atoms with Crippen LogP contribution in [-0.2, 0) is 14.4 Å². The zero-order chi connectivity index (χ0) is 18.1. The summed E-state index contributed by atoms with van der Waals surface area (Å²) in [4.78, 5) is 61.3. The zero-order valence-electron chi connectivity index (χ0n) is 13.0. The molecule has 1 aromatic carbocycles. The lowest BCUT2D eigenvalue weighted by atomic mass is 10.0. The third-order valence-corrected chi connectivity index (χ3v) is 4.25. The highest BCUT2D eigenvalue weighted by Gasteiger charge is 2.45. The summed E-state index contributed by atoms with van der Waals surface area (Å²) in [6, 6.07) is 3.45. The average molecular weight is 364 g/mol. The van der Waals surface area contributed by atoms with Crippen LogP contribution in [-0.4, -0.2) is 46.4 Å². The van der Waals surface area contributed by atoms with Gasteiger partial charge in [0.2, 0.25) is 17.7 Å². The van der Waals surface area contributed by atoms with Gasteiger partial charge in [-0.3, -0.25) is 34.2 Å². The van der Waals surface area contributed by atoms with Crippen LogP contribution in [0.4, 0.5) is 5.69 Å². The molecule has 0 radical (unpaired) electrons. The van der Waals surface area contributed by atoms with Crippen molar-refractivity contribution < 1.29 is 24.0 Å². The van der Waals surface area contributed by atoms with Crippen molar-refractivity contribution in [1.82, 2.24) is 10.2 Å². The lowest BCUT2D eigenvalue weighted by molar-refractivity contribution is -0.136. The van der Waals surface area contributed by atoms with Crippen molar-refractivity contribution in [1.29, 1.82) is 0 Å². The maximum atomic E-state index is 12.8. The molecule has 1 unspecified atom stereocenters. The van der Waals surface area contributed by atoms with E-state index in [2.05, 4.69) is 10.6 Å². The van der Waals surface area contributed by atoms with Gasteiger partial charge >= 0.3 is 0 Å². The van der Waals surface area contributed by atoms with E-state index in [-0.39, 0.29) is 47.9 Å². The molecule has 5 amide bonds. The molecule has 0 bridgehead atoms. The molecule has 0 saturated carbocycles. The molecule has 2 aliphatic rings. The fraction of sp³-hybridized carbons (Fsp3) is 0.312. The average Bonchev–Trinajstić information content (AvgIpc) is 2.81. The molecule has 0 aliphatic carbocycles. The SMILES string of the molecule is O=C1CCC(N2C(=O)c3cccc(NC(=O)CCCl)c3C2=O)C(=O)N1. The van der Waals surface area contributed by atoms with Gasteiger partial charge in [0, 0.05) is 18.7 Å². The Morgan fingerprint density at radius 1 is 1.24 bits per heavy atom. The number of benzene rings is 1. The van der Waals surface area contributed by atoms with Crippen LogP contribution in [0.1, 0.15) is 40.0 Å². The van der Waals surface area contributed by atoms with Crippen LogP contribution < -0.4 is 10.6 Å². The van der Waals surface area contributed by atoms with Crippen LogP contribution in [0.3, 0.4) is 0 Å². The summed E-state index contributed by atoms with van der Waals surface area (Å²) in [7, 11) is 0. The Morgan fingerprint density at radius 3 is 2.68 bits per heavy atom. The van der Waals surface area contributed by atoms with Gasteiger partial charge in [-0.15, -0.1) is 11.6 Å². The maximum absolute atomic E-state index is 12.8. The molecular weight excluding hydrogens is 350 g/mol. The molecule has 0 aromatic heterocycles. The Kier molecular flexibility index (Phi) is 4.54. The summed E-state index contributed by atoms with van der Waals surface area (Å²) in [5.41, 5.74) is 0.347. The first-order valence-corrected chi connectivity index (χ1v) is 8.18. The van der Waals surface area contributed by atoms with E-state index in [1.54, 1.807) is 0 Å². The smallest absolute Gasteiger partial charge is 0.264 e. The number of hydrogen-bond donors (Lipinski definition) is 2. The summed E-state index contributed by atoms with van der Waals surface area (Å²) < 4.78 is 0. The summed E-state index contributed by atoms with van der Waals surface area (Å²) in [5, 5.41) is 4.69. The minimum atomic E-state index is -1.04. The van der Waals surface area contributed by atoms with E-state index < -0.39 is 29.7 Å². The first-order valence-electron chi connectivity index (χ1n) is 7.64. The van der Waals surface area contributed by atoms with E-state index in [1.807, 2.05) is 0 Å². The van der Waals surface area contributed by atoms with Crippen molar-refractivity contribution in [2.75, 3.05) is 11.2 Å². The summed E-state index contributed by atoms with van der Waals surface area (Å²) in [5.74, 6) is -2.68. The largest absolute Gasteiger partial charge is 0.325 e. The van der Waals surface area contributed by atoms with Gasteiger partial charge in [-0.1, -0.05) is 6.07 Å². The fourth-order valence-electron chi connectivity index (χ4n) is 2.92. The zero-order valence-corrected chi connectivity index (χ0v) is 13.8. The number of halogens is 1. The number of carbonyl (C=O) groups excluding carboxylic acids is 5. The van der Waals surface area contributed by atoms with Crippen LogP contribution in [0.5, 0.6) is 0 Å².